The second kappa shape index (κ2) is 9.27. The van der Waals surface area contributed by atoms with Gasteiger partial charge in [0.1, 0.15) is 0 Å². The number of nitrogens with zero attached hydrogens (tertiary/aromatic N) is 1. The summed E-state index contributed by atoms with van der Waals surface area (Å²) in [4.78, 5) is 12.7. The van der Waals surface area contributed by atoms with Crippen LogP contribution in [0, 0.1) is 0 Å². The lowest BCUT2D eigenvalue weighted by Gasteiger charge is -2.26. The van der Waals surface area contributed by atoms with Gasteiger partial charge in [-0.15, -0.1) is 6.58 Å². The van der Waals surface area contributed by atoms with E-state index < -0.39 is 15.9 Å². The maximum atomic E-state index is 12.7. The molecule has 0 heterocycles. The molecule has 0 radical (unpaired) electrons. The molecule has 0 aromatic heterocycles. The summed E-state index contributed by atoms with van der Waals surface area (Å²) >= 11 is 0. The molecule has 0 saturated carbocycles. The lowest BCUT2D eigenvalue weighted by atomic mass is 10.1. The molecule has 0 spiro atoms. The van der Waals surface area contributed by atoms with E-state index in [2.05, 4.69) is 11.9 Å². The summed E-state index contributed by atoms with van der Waals surface area (Å²) in [6.45, 7) is 3.88. The number of carbonyl (C=O) groups is 1. The summed E-state index contributed by atoms with van der Waals surface area (Å²) in [6.07, 6.45) is 2.63. The van der Waals surface area contributed by atoms with Crippen LogP contribution in [0.3, 0.4) is 0 Å². The molecule has 0 aliphatic carbocycles. The minimum Gasteiger partial charge on any atom is -0.493 e. The van der Waals surface area contributed by atoms with Gasteiger partial charge < -0.3 is 14.8 Å². The average Bonchev–Trinajstić information content (AvgIpc) is 2.69. The van der Waals surface area contributed by atoms with Gasteiger partial charge in [-0.2, -0.15) is 0 Å². The maximum Gasteiger partial charge on any atom is 0.253 e. The van der Waals surface area contributed by atoms with Crippen LogP contribution in [0.5, 0.6) is 11.5 Å². The Morgan fingerprint density at radius 1 is 1.14 bits per heavy atom. The van der Waals surface area contributed by atoms with Crippen molar-refractivity contribution in [1.82, 2.24) is 5.32 Å². The summed E-state index contributed by atoms with van der Waals surface area (Å²) in [5.74, 6) is 0.195. The number of nitrogens with one attached hydrogen (secondary N) is 1. The number of rotatable bonds is 9. The molecule has 1 amide bonds. The van der Waals surface area contributed by atoms with E-state index in [4.69, 9.17) is 9.47 Å². The third kappa shape index (κ3) is 5.04. The van der Waals surface area contributed by atoms with Crippen molar-refractivity contribution in [3.63, 3.8) is 0 Å². The Kier molecular flexibility index (Phi) is 7.06. The van der Waals surface area contributed by atoms with Crippen LogP contribution in [0.25, 0.3) is 0 Å². The van der Waals surface area contributed by atoms with E-state index in [0.717, 1.165) is 11.8 Å². The van der Waals surface area contributed by atoms with E-state index in [1.165, 1.54) is 36.7 Å². The molecule has 28 heavy (non-hydrogen) atoms. The summed E-state index contributed by atoms with van der Waals surface area (Å²) in [7, 11) is -0.809. The third-order valence-corrected chi connectivity index (χ3v) is 5.12. The van der Waals surface area contributed by atoms with Gasteiger partial charge in [-0.25, -0.2) is 8.42 Å². The van der Waals surface area contributed by atoms with Gasteiger partial charge >= 0.3 is 0 Å². The molecular formula is C20H24N2O5S. The van der Waals surface area contributed by atoms with Crippen LogP contribution in [0.2, 0.25) is 0 Å². The molecule has 0 bridgehead atoms. The van der Waals surface area contributed by atoms with E-state index in [9.17, 15) is 13.2 Å². The first kappa shape index (κ1) is 21.3. The predicted octanol–water partition coefficient (Wildman–Crippen LogP) is 2.59. The van der Waals surface area contributed by atoms with Crippen LogP contribution in [0.15, 0.2) is 55.1 Å². The summed E-state index contributed by atoms with van der Waals surface area (Å²) < 4.78 is 36.9. The zero-order valence-electron chi connectivity index (χ0n) is 16.1. The molecule has 0 aliphatic heterocycles. The Balaban J connectivity index is 2.65. The van der Waals surface area contributed by atoms with E-state index in [0.29, 0.717) is 11.5 Å². The number of amides is 1. The van der Waals surface area contributed by atoms with Crippen molar-refractivity contribution < 1.29 is 22.7 Å². The number of benzene rings is 2. The van der Waals surface area contributed by atoms with Gasteiger partial charge in [-0.1, -0.05) is 36.4 Å². The molecule has 2 aromatic carbocycles. The van der Waals surface area contributed by atoms with Gasteiger partial charge in [0, 0.05) is 12.6 Å². The zero-order chi connectivity index (χ0) is 20.7. The van der Waals surface area contributed by atoms with Crippen LogP contribution < -0.4 is 19.1 Å². The predicted molar refractivity (Wildman–Crippen MR) is 110 cm³/mol. The topological polar surface area (TPSA) is 84.9 Å². The van der Waals surface area contributed by atoms with Gasteiger partial charge in [0.05, 0.1) is 38.3 Å². The Labute approximate surface area is 165 Å². The fourth-order valence-electron chi connectivity index (χ4n) is 2.65. The van der Waals surface area contributed by atoms with Gasteiger partial charge in [0.25, 0.3) is 5.91 Å². The number of methoxy groups -OCH3 is 2. The highest BCUT2D eigenvalue weighted by molar-refractivity contribution is 7.92. The van der Waals surface area contributed by atoms with Gasteiger partial charge in [0.2, 0.25) is 10.0 Å². The molecule has 1 N–H and O–H groups in total. The Morgan fingerprint density at radius 3 is 2.29 bits per heavy atom. The van der Waals surface area contributed by atoms with E-state index in [-0.39, 0.29) is 24.3 Å². The van der Waals surface area contributed by atoms with Crippen LogP contribution in [-0.2, 0) is 16.6 Å². The van der Waals surface area contributed by atoms with Crippen molar-refractivity contribution >= 4 is 21.6 Å². The summed E-state index contributed by atoms with van der Waals surface area (Å²) in [5, 5.41) is 2.67. The molecular weight excluding hydrogens is 380 g/mol. The van der Waals surface area contributed by atoms with E-state index in [1.807, 2.05) is 30.3 Å². The number of ether oxygens (including phenoxy) is 2. The molecule has 150 valence electrons. The highest BCUT2D eigenvalue weighted by Gasteiger charge is 2.26. The fraction of sp³-hybridized carbons (Fsp3) is 0.250. The number of anilines is 1. The highest BCUT2D eigenvalue weighted by Crippen LogP contribution is 2.36. The minimum absolute atomic E-state index is 0.0664. The van der Waals surface area contributed by atoms with Crippen LogP contribution >= 0.6 is 0 Å². The van der Waals surface area contributed by atoms with E-state index in [1.54, 1.807) is 0 Å². The summed E-state index contributed by atoms with van der Waals surface area (Å²) in [5.41, 5.74) is 1.13. The molecule has 0 unspecified atom stereocenters. The summed E-state index contributed by atoms with van der Waals surface area (Å²) in [6, 6.07) is 12.1. The molecule has 0 saturated heterocycles. The fourth-order valence-corrected chi connectivity index (χ4v) is 3.54. The van der Waals surface area contributed by atoms with Gasteiger partial charge in [0.15, 0.2) is 11.5 Å². The van der Waals surface area contributed by atoms with E-state index >= 15 is 0 Å². The van der Waals surface area contributed by atoms with Gasteiger partial charge in [-0.3, -0.25) is 9.10 Å². The molecule has 0 fully saturated rings. The first-order chi connectivity index (χ1) is 13.3. The normalized spacial score (nSPS) is 10.8. The molecule has 2 aromatic rings. The number of hydrogen-bond acceptors (Lipinski definition) is 5. The van der Waals surface area contributed by atoms with Crippen molar-refractivity contribution in [1.29, 1.82) is 0 Å². The molecule has 0 atom stereocenters. The molecule has 7 nitrogen and oxygen atoms in total. The van der Waals surface area contributed by atoms with Crippen molar-refractivity contribution in [2.45, 2.75) is 6.54 Å². The average molecular weight is 404 g/mol. The van der Waals surface area contributed by atoms with Gasteiger partial charge in [-0.05, 0) is 11.6 Å². The Morgan fingerprint density at radius 2 is 1.75 bits per heavy atom. The molecule has 2 rings (SSSR count). The molecule has 0 aliphatic rings. The maximum absolute atomic E-state index is 12.7. The van der Waals surface area contributed by atoms with Crippen LogP contribution in [0.4, 0.5) is 5.69 Å². The van der Waals surface area contributed by atoms with Crippen LogP contribution in [-0.4, -0.2) is 41.3 Å². The first-order valence-electron chi connectivity index (χ1n) is 8.48. The van der Waals surface area contributed by atoms with Crippen molar-refractivity contribution in [3.8, 4) is 11.5 Å². The monoisotopic (exact) mass is 404 g/mol. The Bertz CT molecular complexity index is 943. The quantitative estimate of drug-likeness (QED) is 0.650. The Hall–Kier alpha value is -3.00. The van der Waals surface area contributed by atoms with Crippen molar-refractivity contribution in [2.24, 2.45) is 0 Å². The highest BCUT2D eigenvalue weighted by atomic mass is 32.2. The second-order valence-corrected chi connectivity index (χ2v) is 7.89. The number of hydrogen-bond donors (Lipinski definition) is 1. The zero-order valence-corrected chi connectivity index (χ0v) is 17.0. The number of sulfonamides is 1. The van der Waals surface area contributed by atoms with Crippen molar-refractivity contribution in [3.05, 3.63) is 66.2 Å². The first-order valence-corrected chi connectivity index (χ1v) is 10.3. The minimum atomic E-state index is -3.70. The van der Waals surface area contributed by atoms with Crippen molar-refractivity contribution in [2.75, 3.05) is 31.3 Å². The standard InChI is InChI=1S/C20H24N2O5S/c1-5-11-21-20(23)16-12-18(26-2)19(27-3)13-17(16)22(28(4,24)25)14-15-9-7-6-8-10-15/h5-10,12-13H,1,11,14H2,2-4H3,(H,21,23). The SMILES string of the molecule is C=CCNC(=O)c1cc(OC)c(OC)cc1N(Cc1ccccc1)S(C)(=O)=O. The smallest absolute Gasteiger partial charge is 0.253 e. The van der Waals surface area contributed by atoms with Crippen LogP contribution in [0.1, 0.15) is 15.9 Å². The lowest BCUT2D eigenvalue weighted by molar-refractivity contribution is 0.0958. The lowest BCUT2D eigenvalue weighted by Crippen LogP contribution is -2.33. The largest absolute Gasteiger partial charge is 0.493 e. The second-order valence-electron chi connectivity index (χ2n) is 5.98. The number of carbonyl (C=O) groups excluding carboxylic acids is 1. The molecule has 8 heteroatoms. The third-order valence-electron chi connectivity index (χ3n) is 3.99.